The molecule has 0 saturated carbocycles. The maximum atomic E-state index is 6.13. The Morgan fingerprint density at radius 3 is 1.14 bits per heavy atom. The molecule has 0 fully saturated rings. The lowest BCUT2D eigenvalue weighted by molar-refractivity contribution is 0.668. The van der Waals surface area contributed by atoms with Crippen LogP contribution in [0.15, 0.2) is 264 Å². The zero-order valence-corrected chi connectivity index (χ0v) is 39.9. The standard InChI is InChI=1S/C68H42N4O2/c1-2-13-43(14-3-1)61-29-24-46(40-70-61)52-15-4-7-18-55(52)49-35-50(56-19-8-5-16-53(56)47-25-30-62(71-41-47)44-27-32-65-59(38-44)58-21-10-11-22-64(58)73-65)37-51(36-49)57-20-9-6-17-54(57)48-26-31-63(72-42-48)45-28-33-66-60(39-45)68-67(74-66)23-12-34-69-68/h1-42H. The third-order valence-electron chi connectivity index (χ3n) is 14.1. The number of furan rings is 2. The molecule has 6 aromatic heterocycles. The summed E-state index contributed by atoms with van der Waals surface area (Å²) >= 11 is 0. The van der Waals surface area contributed by atoms with Crippen LogP contribution in [-0.2, 0) is 0 Å². The maximum absolute atomic E-state index is 6.13. The Bertz CT molecular complexity index is 4190. The Balaban J connectivity index is 0.876. The van der Waals surface area contributed by atoms with Crippen LogP contribution in [-0.4, -0.2) is 19.9 Å². The molecule has 0 atom stereocenters. The second-order valence-corrected chi connectivity index (χ2v) is 18.6. The van der Waals surface area contributed by atoms with Crippen molar-refractivity contribution in [2.24, 2.45) is 0 Å². The number of para-hydroxylation sites is 1. The molecule has 6 heteroatoms. The van der Waals surface area contributed by atoms with E-state index in [2.05, 4.69) is 175 Å². The number of rotatable bonds is 9. The third kappa shape index (κ3) is 7.70. The van der Waals surface area contributed by atoms with E-state index in [1.54, 1.807) is 6.20 Å². The highest BCUT2D eigenvalue weighted by Crippen LogP contribution is 2.43. The Labute approximate surface area is 426 Å². The van der Waals surface area contributed by atoms with Crippen LogP contribution in [0.5, 0.6) is 0 Å². The Hall–Kier alpha value is -10.0. The van der Waals surface area contributed by atoms with Crippen LogP contribution in [0.2, 0.25) is 0 Å². The van der Waals surface area contributed by atoms with Crippen molar-refractivity contribution in [2.75, 3.05) is 0 Å². The molecule has 0 amide bonds. The van der Waals surface area contributed by atoms with Gasteiger partial charge in [0, 0.05) is 74.3 Å². The van der Waals surface area contributed by atoms with Crippen molar-refractivity contribution < 1.29 is 8.83 Å². The Morgan fingerprint density at radius 1 is 0.230 bits per heavy atom. The van der Waals surface area contributed by atoms with E-state index in [1.165, 1.54) is 0 Å². The van der Waals surface area contributed by atoms with Gasteiger partial charge in [0.25, 0.3) is 0 Å². The topological polar surface area (TPSA) is 77.8 Å². The van der Waals surface area contributed by atoms with E-state index in [1.807, 2.05) is 79.3 Å². The minimum atomic E-state index is 0.772. The summed E-state index contributed by atoms with van der Waals surface area (Å²) in [5, 5.41) is 3.15. The average molecular weight is 947 g/mol. The van der Waals surface area contributed by atoms with E-state index < -0.39 is 0 Å². The second kappa shape index (κ2) is 18.0. The lowest BCUT2D eigenvalue weighted by Crippen LogP contribution is -1.93. The predicted molar refractivity (Wildman–Crippen MR) is 301 cm³/mol. The number of hydrogen-bond acceptors (Lipinski definition) is 6. The molecule has 0 N–H and O–H groups in total. The average Bonchev–Trinajstić information content (AvgIpc) is 4.06. The van der Waals surface area contributed by atoms with E-state index in [0.717, 1.165) is 145 Å². The van der Waals surface area contributed by atoms with Crippen LogP contribution in [0, 0.1) is 0 Å². The molecule has 0 radical (unpaired) electrons. The molecule has 346 valence electrons. The number of aromatic nitrogens is 4. The van der Waals surface area contributed by atoms with Gasteiger partial charge in [-0.1, -0.05) is 140 Å². The molecular formula is C68H42N4O2. The molecule has 0 spiro atoms. The molecule has 8 aromatic carbocycles. The zero-order valence-electron chi connectivity index (χ0n) is 39.9. The highest BCUT2D eigenvalue weighted by molar-refractivity contribution is 6.06. The van der Waals surface area contributed by atoms with E-state index in [-0.39, 0.29) is 0 Å². The fourth-order valence-corrected chi connectivity index (χ4v) is 10.5. The largest absolute Gasteiger partial charge is 0.456 e. The van der Waals surface area contributed by atoms with Gasteiger partial charge in [0.1, 0.15) is 22.3 Å². The van der Waals surface area contributed by atoms with Crippen LogP contribution in [0.1, 0.15) is 0 Å². The van der Waals surface area contributed by atoms with Crippen LogP contribution in [0.4, 0.5) is 0 Å². The van der Waals surface area contributed by atoms with Crippen LogP contribution in [0.3, 0.4) is 0 Å². The molecule has 6 nitrogen and oxygen atoms in total. The Kier molecular flexibility index (Phi) is 10.4. The summed E-state index contributed by atoms with van der Waals surface area (Å²) in [6, 6.07) is 80.6. The molecule has 6 heterocycles. The summed E-state index contributed by atoms with van der Waals surface area (Å²) in [6.07, 6.45) is 7.77. The van der Waals surface area contributed by atoms with Crippen molar-refractivity contribution in [2.45, 2.75) is 0 Å². The molecule has 0 aliphatic heterocycles. The van der Waals surface area contributed by atoms with Gasteiger partial charge in [-0.3, -0.25) is 19.9 Å². The molecule has 14 aromatic rings. The predicted octanol–water partition coefficient (Wildman–Crippen LogP) is 18.1. The number of hydrogen-bond donors (Lipinski definition) is 0. The SMILES string of the molecule is c1ccc(-c2ccc(-c3ccccc3-c3cc(-c4ccccc4-c4ccc(-c5ccc6oc7ccccc7c6c5)nc4)cc(-c4ccccc4-c4ccc(-c5ccc6oc7cccnc7c6c5)nc4)c3)cn2)cc1. The van der Waals surface area contributed by atoms with Gasteiger partial charge in [-0.05, 0) is 141 Å². The minimum absolute atomic E-state index is 0.772. The van der Waals surface area contributed by atoms with Crippen molar-refractivity contribution in [3.63, 3.8) is 0 Å². The van der Waals surface area contributed by atoms with Gasteiger partial charge in [0.05, 0.1) is 17.1 Å². The van der Waals surface area contributed by atoms with E-state index in [0.29, 0.717) is 0 Å². The van der Waals surface area contributed by atoms with Gasteiger partial charge in [-0.25, -0.2) is 0 Å². The molecule has 0 aliphatic carbocycles. The third-order valence-corrected chi connectivity index (χ3v) is 14.1. The molecule has 14 rings (SSSR count). The normalized spacial score (nSPS) is 11.5. The number of benzene rings is 8. The van der Waals surface area contributed by atoms with Crippen molar-refractivity contribution in [1.82, 2.24) is 19.9 Å². The van der Waals surface area contributed by atoms with E-state index in [9.17, 15) is 0 Å². The molecular weight excluding hydrogens is 905 g/mol. The first-order valence-electron chi connectivity index (χ1n) is 24.7. The first-order valence-corrected chi connectivity index (χ1v) is 24.7. The zero-order chi connectivity index (χ0) is 49.0. The van der Waals surface area contributed by atoms with Crippen molar-refractivity contribution in [3.05, 3.63) is 255 Å². The molecule has 0 bridgehead atoms. The monoisotopic (exact) mass is 946 g/mol. The summed E-state index contributed by atoms with van der Waals surface area (Å²) in [4.78, 5) is 19.7. The van der Waals surface area contributed by atoms with Gasteiger partial charge in [0.15, 0.2) is 5.58 Å². The quantitative estimate of drug-likeness (QED) is 0.143. The van der Waals surface area contributed by atoms with E-state index in [4.69, 9.17) is 23.8 Å². The lowest BCUT2D eigenvalue weighted by Gasteiger charge is -2.18. The highest BCUT2D eigenvalue weighted by atomic mass is 16.3. The summed E-state index contributed by atoms with van der Waals surface area (Å²) in [5.41, 5.74) is 22.9. The van der Waals surface area contributed by atoms with Gasteiger partial charge >= 0.3 is 0 Å². The summed E-state index contributed by atoms with van der Waals surface area (Å²) < 4.78 is 12.2. The van der Waals surface area contributed by atoms with E-state index >= 15 is 0 Å². The number of fused-ring (bicyclic) bond motifs is 6. The van der Waals surface area contributed by atoms with Gasteiger partial charge in [0.2, 0.25) is 0 Å². The smallest absolute Gasteiger partial charge is 0.153 e. The molecule has 74 heavy (non-hydrogen) atoms. The van der Waals surface area contributed by atoms with Gasteiger partial charge < -0.3 is 8.83 Å². The summed E-state index contributed by atoms with van der Waals surface area (Å²) in [5.74, 6) is 0. The van der Waals surface area contributed by atoms with Gasteiger partial charge in [-0.2, -0.15) is 0 Å². The number of nitrogens with zero attached hydrogens (tertiary/aromatic N) is 4. The van der Waals surface area contributed by atoms with Crippen molar-refractivity contribution >= 4 is 44.0 Å². The van der Waals surface area contributed by atoms with Crippen molar-refractivity contribution in [1.29, 1.82) is 0 Å². The maximum Gasteiger partial charge on any atom is 0.153 e. The summed E-state index contributed by atoms with van der Waals surface area (Å²) in [7, 11) is 0. The van der Waals surface area contributed by atoms with Crippen molar-refractivity contribution in [3.8, 4) is 101 Å². The first kappa shape index (κ1) is 42.8. The second-order valence-electron chi connectivity index (χ2n) is 18.6. The highest BCUT2D eigenvalue weighted by Gasteiger charge is 2.18. The minimum Gasteiger partial charge on any atom is -0.456 e. The molecule has 0 unspecified atom stereocenters. The van der Waals surface area contributed by atoms with Gasteiger partial charge in [-0.15, -0.1) is 0 Å². The lowest BCUT2D eigenvalue weighted by atomic mass is 9.86. The fraction of sp³-hybridized carbons (Fsp3) is 0. The molecule has 0 saturated heterocycles. The van der Waals surface area contributed by atoms with Crippen LogP contribution < -0.4 is 0 Å². The fourth-order valence-electron chi connectivity index (χ4n) is 10.5. The Morgan fingerprint density at radius 2 is 0.622 bits per heavy atom. The molecule has 0 aliphatic rings. The first-order chi connectivity index (χ1) is 36.6. The van der Waals surface area contributed by atoms with Crippen LogP contribution >= 0.6 is 0 Å². The summed E-state index contributed by atoms with van der Waals surface area (Å²) in [6.45, 7) is 0. The number of pyridine rings is 4. The van der Waals surface area contributed by atoms with Crippen LogP contribution in [0.25, 0.3) is 145 Å².